The van der Waals surface area contributed by atoms with Gasteiger partial charge in [-0.25, -0.2) is 0 Å². The highest BCUT2D eigenvalue weighted by Crippen LogP contribution is 2.25. The SMILES string of the molecule is CC(C)Oc1ccc(C(C)(C)CNC(=O)S)cc1. The molecule has 18 heavy (non-hydrogen) atoms. The highest BCUT2D eigenvalue weighted by atomic mass is 32.1. The molecule has 1 aromatic carbocycles. The van der Waals surface area contributed by atoms with Crippen molar-refractivity contribution in [3.8, 4) is 5.75 Å². The molecule has 1 rings (SSSR count). The topological polar surface area (TPSA) is 38.3 Å². The summed E-state index contributed by atoms with van der Waals surface area (Å²) in [6, 6.07) is 7.98. The van der Waals surface area contributed by atoms with Crippen LogP contribution in [0, 0.1) is 0 Å². The lowest BCUT2D eigenvalue weighted by molar-refractivity contribution is 0.242. The van der Waals surface area contributed by atoms with E-state index in [9.17, 15) is 4.79 Å². The number of rotatable bonds is 5. The van der Waals surface area contributed by atoms with Gasteiger partial charge in [0.1, 0.15) is 5.75 Å². The number of thiol groups is 1. The van der Waals surface area contributed by atoms with Crippen LogP contribution < -0.4 is 10.1 Å². The molecule has 0 aliphatic carbocycles. The molecular formula is C14H21NO2S. The molecule has 0 unspecified atom stereocenters. The Bertz CT molecular complexity index is 399. The molecule has 0 heterocycles. The third-order valence-electron chi connectivity index (χ3n) is 2.69. The van der Waals surface area contributed by atoms with Gasteiger partial charge in [0.2, 0.25) is 0 Å². The molecule has 0 fully saturated rings. The van der Waals surface area contributed by atoms with Crippen LogP contribution in [0.4, 0.5) is 4.79 Å². The first-order chi connectivity index (χ1) is 8.31. The van der Waals surface area contributed by atoms with E-state index in [0.29, 0.717) is 6.54 Å². The third kappa shape index (κ3) is 4.61. The van der Waals surface area contributed by atoms with Crippen molar-refractivity contribution < 1.29 is 9.53 Å². The molecule has 0 spiro atoms. The number of nitrogens with one attached hydrogen (secondary N) is 1. The van der Waals surface area contributed by atoms with E-state index in [2.05, 4.69) is 31.8 Å². The fourth-order valence-electron chi connectivity index (χ4n) is 1.66. The van der Waals surface area contributed by atoms with Crippen molar-refractivity contribution >= 4 is 17.9 Å². The van der Waals surface area contributed by atoms with Crippen molar-refractivity contribution in [3.05, 3.63) is 29.8 Å². The van der Waals surface area contributed by atoms with Crippen molar-refractivity contribution in [2.75, 3.05) is 6.54 Å². The zero-order valence-corrected chi connectivity index (χ0v) is 12.3. The Morgan fingerprint density at radius 3 is 2.33 bits per heavy atom. The van der Waals surface area contributed by atoms with Gasteiger partial charge in [-0.2, -0.15) is 0 Å². The van der Waals surface area contributed by atoms with Crippen molar-refractivity contribution in [2.24, 2.45) is 0 Å². The van der Waals surface area contributed by atoms with Gasteiger partial charge in [0.15, 0.2) is 0 Å². The van der Waals surface area contributed by atoms with Gasteiger partial charge in [-0.1, -0.05) is 38.6 Å². The summed E-state index contributed by atoms with van der Waals surface area (Å²) >= 11 is 3.71. The molecule has 4 heteroatoms. The predicted octanol–water partition coefficient (Wildman–Crippen LogP) is 3.39. The van der Waals surface area contributed by atoms with Crippen molar-refractivity contribution in [2.45, 2.75) is 39.2 Å². The van der Waals surface area contributed by atoms with E-state index >= 15 is 0 Å². The van der Waals surface area contributed by atoms with Gasteiger partial charge in [0.25, 0.3) is 5.24 Å². The lowest BCUT2D eigenvalue weighted by Gasteiger charge is -2.25. The van der Waals surface area contributed by atoms with Gasteiger partial charge in [-0.15, -0.1) is 0 Å². The van der Waals surface area contributed by atoms with E-state index in [-0.39, 0.29) is 16.8 Å². The average molecular weight is 267 g/mol. The average Bonchev–Trinajstić information content (AvgIpc) is 2.26. The first kappa shape index (κ1) is 14.9. The Labute approximate surface area is 114 Å². The van der Waals surface area contributed by atoms with Gasteiger partial charge >= 0.3 is 0 Å². The van der Waals surface area contributed by atoms with Crippen LogP contribution in [0.1, 0.15) is 33.3 Å². The van der Waals surface area contributed by atoms with Gasteiger partial charge < -0.3 is 10.1 Å². The minimum absolute atomic E-state index is 0.130. The van der Waals surface area contributed by atoms with E-state index in [1.807, 2.05) is 38.1 Å². The van der Waals surface area contributed by atoms with Crippen LogP contribution in [-0.2, 0) is 5.41 Å². The Morgan fingerprint density at radius 1 is 1.33 bits per heavy atom. The van der Waals surface area contributed by atoms with Crippen molar-refractivity contribution in [1.82, 2.24) is 5.32 Å². The molecule has 3 nitrogen and oxygen atoms in total. The van der Waals surface area contributed by atoms with E-state index in [1.165, 1.54) is 0 Å². The highest BCUT2D eigenvalue weighted by Gasteiger charge is 2.20. The molecular weight excluding hydrogens is 246 g/mol. The van der Waals surface area contributed by atoms with E-state index in [0.717, 1.165) is 11.3 Å². The summed E-state index contributed by atoms with van der Waals surface area (Å²) in [6.07, 6.45) is 0.173. The van der Waals surface area contributed by atoms with E-state index < -0.39 is 0 Å². The van der Waals surface area contributed by atoms with Crippen molar-refractivity contribution in [3.63, 3.8) is 0 Å². The van der Waals surface area contributed by atoms with Crippen LogP contribution in [0.15, 0.2) is 24.3 Å². The number of amides is 1. The molecule has 0 radical (unpaired) electrons. The zero-order valence-electron chi connectivity index (χ0n) is 11.4. The first-order valence-electron chi connectivity index (χ1n) is 6.05. The Kier molecular flexibility index (Phi) is 5.08. The van der Waals surface area contributed by atoms with Gasteiger partial charge in [0.05, 0.1) is 6.10 Å². The van der Waals surface area contributed by atoms with Crippen LogP contribution in [0.25, 0.3) is 0 Å². The summed E-state index contributed by atoms with van der Waals surface area (Å²) in [5.74, 6) is 0.864. The maximum Gasteiger partial charge on any atom is 0.276 e. The number of carbonyl (C=O) groups is 1. The quantitative estimate of drug-likeness (QED) is 0.803. The standard InChI is InChI=1S/C14H21NO2S/c1-10(2)17-12-7-5-11(6-8-12)14(3,4)9-15-13(16)18/h5-8,10H,9H2,1-4H3,(H2,15,16,18). The molecule has 0 aromatic heterocycles. The lowest BCUT2D eigenvalue weighted by Crippen LogP contribution is -2.34. The summed E-state index contributed by atoms with van der Waals surface area (Å²) in [5.41, 5.74) is 1.02. The van der Waals surface area contributed by atoms with E-state index in [1.54, 1.807) is 0 Å². The Balaban J connectivity index is 2.73. The molecule has 0 saturated carbocycles. The predicted molar refractivity (Wildman–Crippen MR) is 77.6 cm³/mol. The monoisotopic (exact) mass is 267 g/mol. The van der Waals surface area contributed by atoms with Gasteiger partial charge in [-0.05, 0) is 31.5 Å². The number of carbonyl (C=O) groups excluding carboxylic acids is 1. The smallest absolute Gasteiger partial charge is 0.276 e. The fourth-order valence-corrected chi connectivity index (χ4v) is 1.73. The van der Waals surface area contributed by atoms with Crippen molar-refractivity contribution in [1.29, 1.82) is 0 Å². The molecule has 0 bridgehead atoms. The number of ether oxygens (including phenoxy) is 1. The summed E-state index contributed by atoms with van der Waals surface area (Å²) in [5, 5.41) is 2.42. The molecule has 0 aliphatic heterocycles. The second-order valence-corrected chi connectivity index (χ2v) is 5.64. The molecule has 1 N–H and O–H groups in total. The van der Waals surface area contributed by atoms with E-state index in [4.69, 9.17) is 4.74 Å². The highest BCUT2D eigenvalue weighted by molar-refractivity contribution is 7.96. The van der Waals surface area contributed by atoms with Crippen LogP contribution >= 0.6 is 12.6 Å². The van der Waals surface area contributed by atoms with Crippen LogP contribution in [0.2, 0.25) is 0 Å². The number of benzene rings is 1. The molecule has 100 valence electrons. The molecule has 1 aromatic rings. The van der Waals surface area contributed by atoms with Gasteiger partial charge in [0, 0.05) is 12.0 Å². The molecule has 1 amide bonds. The summed E-state index contributed by atoms with van der Waals surface area (Å²) in [6.45, 7) is 8.71. The first-order valence-corrected chi connectivity index (χ1v) is 6.50. The minimum atomic E-state index is -0.303. The second-order valence-electron chi connectivity index (χ2n) is 5.23. The number of hydrogen-bond acceptors (Lipinski definition) is 2. The van der Waals surface area contributed by atoms with Crippen LogP contribution in [0.3, 0.4) is 0 Å². The maximum absolute atomic E-state index is 10.8. The summed E-state index contributed by atoms with van der Waals surface area (Å²) in [7, 11) is 0. The third-order valence-corrected chi connectivity index (χ3v) is 2.85. The maximum atomic E-state index is 10.8. The fraction of sp³-hybridized carbons (Fsp3) is 0.500. The number of hydrogen-bond donors (Lipinski definition) is 2. The summed E-state index contributed by atoms with van der Waals surface area (Å²) in [4.78, 5) is 10.8. The van der Waals surface area contributed by atoms with Crippen LogP contribution in [0.5, 0.6) is 5.75 Å². The lowest BCUT2D eigenvalue weighted by atomic mass is 9.84. The Morgan fingerprint density at radius 2 is 1.89 bits per heavy atom. The summed E-state index contributed by atoms with van der Waals surface area (Å²) < 4.78 is 5.60. The largest absolute Gasteiger partial charge is 0.491 e. The minimum Gasteiger partial charge on any atom is -0.491 e. The molecule has 0 aliphatic rings. The normalized spacial score (nSPS) is 11.4. The molecule has 0 atom stereocenters. The van der Waals surface area contributed by atoms with Gasteiger partial charge in [-0.3, -0.25) is 4.79 Å². The molecule has 0 saturated heterocycles. The second kappa shape index (κ2) is 6.14. The zero-order chi connectivity index (χ0) is 13.8. The van der Waals surface area contributed by atoms with Crippen LogP contribution in [-0.4, -0.2) is 17.9 Å². The Hall–Kier alpha value is -1.16.